The van der Waals surface area contributed by atoms with E-state index < -0.39 is 12.8 Å². The van der Waals surface area contributed by atoms with Crippen molar-refractivity contribution in [1.29, 1.82) is 0 Å². The summed E-state index contributed by atoms with van der Waals surface area (Å²) in [7, 11) is 0. The normalized spacial score (nSPS) is 11.9. The minimum atomic E-state index is -4.36. The quantitative estimate of drug-likeness (QED) is 0.780. The van der Waals surface area contributed by atoms with Gasteiger partial charge in [-0.1, -0.05) is 13.8 Å². The molecule has 0 atom stereocenters. The van der Waals surface area contributed by atoms with E-state index in [0.29, 0.717) is 18.2 Å². The van der Waals surface area contributed by atoms with Crippen LogP contribution in [0.4, 0.5) is 18.9 Å². The van der Waals surface area contributed by atoms with E-state index in [1.165, 1.54) is 12.3 Å². The van der Waals surface area contributed by atoms with Gasteiger partial charge < -0.3 is 10.1 Å². The summed E-state index contributed by atoms with van der Waals surface area (Å²) in [6.45, 7) is 3.21. The lowest BCUT2D eigenvalue weighted by atomic mass is 10.2. The third-order valence-corrected chi connectivity index (χ3v) is 2.30. The first kappa shape index (κ1) is 16.5. The topological polar surface area (TPSA) is 56.1 Å². The van der Waals surface area contributed by atoms with Crippen molar-refractivity contribution in [2.75, 3.05) is 25.1 Å². The van der Waals surface area contributed by atoms with Crippen LogP contribution in [-0.4, -0.2) is 35.7 Å². The number of ether oxygens (including phenoxy) is 1. The van der Waals surface area contributed by atoms with Gasteiger partial charge in [-0.25, -0.2) is 4.68 Å². The lowest BCUT2D eigenvalue weighted by molar-refractivity contribution is -0.174. The molecule has 0 fully saturated rings. The van der Waals surface area contributed by atoms with Gasteiger partial charge >= 0.3 is 6.18 Å². The van der Waals surface area contributed by atoms with Gasteiger partial charge in [0.15, 0.2) is 0 Å². The van der Waals surface area contributed by atoms with Gasteiger partial charge in [-0.3, -0.25) is 4.79 Å². The van der Waals surface area contributed by atoms with E-state index in [0.717, 1.165) is 4.68 Å². The summed E-state index contributed by atoms with van der Waals surface area (Å²) >= 11 is 0. The molecule has 0 amide bonds. The first-order valence-corrected chi connectivity index (χ1v) is 6.23. The highest BCUT2D eigenvalue weighted by atomic mass is 19.4. The number of halogens is 3. The Kier molecular flexibility index (Phi) is 6.00. The van der Waals surface area contributed by atoms with Gasteiger partial charge in [-0.15, -0.1) is 0 Å². The van der Waals surface area contributed by atoms with Crippen LogP contribution < -0.4 is 10.9 Å². The number of rotatable bonds is 7. The van der Waals surface area contributed by atoms with E-state index in [-0.39, 0.29) is 18.7 Å². The third-order valence-electron chi connectivity index (χ3n) is 2.30. The zero-order valence-corrected chi connectivity index (χ0v) is 11.4. The van der Waals surface area contributed by atoms with Crippen LogP contribution >= 0.6 is 0 Å². The van der Waals surface area contributed by atoms with Crippen molar-refractivity contribution in [3.63, 3.8) is 0 Å². The number of hydrogen-bond donors (Lipinski definition) is 1. The molecule has 0 aliphatic rings. The monoisotopic (exact) mass is 293 g/mol. The Morgan fingerprint density at radius 3 is 2.70 bits per heavy atom. The predicted octanol–water partition coefficient (Wildman–Crippen LogP) is 1.89. The summed E-state index contributed by atoms with van der Waals surface area (Å²) in [5.74, 6) is 0.424. The molecule has 1 N–H and O–H groups in total. The van der Waals surface area contributed by atoms with Crippen LogP contribution in [0.1, 0.15) is 13.8 Å². The van der Waals surface area contributed by atoms with E-state index in [1.54, 1.807) is 0 Å². The Bertz CT molecular complexity index is 472. The minimum absolute atomic E-state index is 0.0145. The third kappa shape index (κ3) is 6.55. The lowest BCUT2D eigenvalue weighted by Crippen LogP contribution is -2.26. The number of alkyl halides is 3. The Hall–Kier alpha value is -1.57. The van der Waals surface area contributed by atoms with E-state index in [1.807, 2.05) is 13.8 Å². The fourth-order valence-corrected chi connectivity index (χ4v) is 1.36. The zero-order chi connectivity index (χ0) is 15.2. The summed E-state index contributed by atoms with van der Waals surface area (Å²) in [4.78, 5) is 11.7. The van der Waals surface area contributed by atoms with Crippen molar-refractivity contribution in [3.8, 4) is 0 Å². The molecule has 1 aromatic rings. The van der Waals surface area contributed by atoms with Crippen LogP contribution in [0.15, 0.2) is 17.1 Å². The van der Waals surface area contributed by atoms with E-state index in [9.17, 15) is 18.0 Å². The first-order chi connectivity index (χ1) is 9.28. The fourth-order valence-electron chi connectivity index (χ4n) is 1.36. The second-order valence-electron chi connectivity index (χ2n) is 4.75. The minimum Gasteiger partial charge on any atom is -0.383 e. The summed E-state index contributed by atoms with van der Waals surface area (Å²) in [5.41, 5.74) is 0.213. The predicted molar refractivity (Wildman–Crippen MR) is 68.7 cm³/mol. The lowest BCUT2D eigenvalue weighted by Gasteiger charge is -2.10. The van der Waals surface area contributed by atoms with Crippen LogP contribution in [0.25, 0.3) is 0 Å². The maximum Gasteiger partial charge on any atom is 0.411 e. The largest absolute Gasteiger partial charge is 0.411 e. The van der Waals surface area contributed by atoms with Crippen LogP contribution in [0.2, 0.25) is 0 Å². The van der Waals surface area contributed by atoms with Crippen molar-refractivity contribution in [2.45, 2.75) is 26.6 Å². The molecule has 0 aromatic carbocycles. The van der Waals surface area contributed by atoms with Gasteiger partial charge in [0.25, 0.3) is 5.56 Å². The van der Waals surface area contributed by atoms with Crippen LogP contribution in [0.5, 0.6) is 0 Å². The summed E-state index contributed by atoms with van der Waals surface area (Å²) in [6, 6.07) is 1.36. The van der Waals surface area contributed by atoms with E-state index in [4.69, 9.17) is 0 Å². The molecule has 0 aliphatic heterocycles. The molecule has 0 bridgehead atoms. The zero-order valence-electron chi connectivity index (χ0n) is 11.4. The van der Waals surface area contributed by atoms with Gasteiger partial charge in [0.1, 0.15) is 6.61 Å². The van der Waals surface area contributed by atoms with Gasteiger partial charge in [-0.2, -0.15) is 18.3 Å². The standard InChI is InChI=1S/C12H18F3N3O2/c1-9(2)6-16-10-5-11(19)18(17-7-10)3-4-20-8-12(13,14)15/h5,7,9,16H,3-4,6,8H2,1-2H3. The summed E-state index contributed by atoms with van der Waals surface area (Å²) in [5, 5.41) is 6.91. The van der Waals surface area contributed by atoms with Crippen molar-refractivity contribution in [3.05, 3.63) is 22.6 Å². The van der Waals surface area contributed by atoms with Crippen molar-refractivity contribution < 1.29 is 17.9 Å². The van der Waals surface area contributed by atoms with Crippen LogP contribution in [-0.2, 0) is 11.3 Å². The number of aromatic nitrogens is 2. The van der Waals surface area contributed by atoms with Crippen LogP contribution in [0, 0.1) is 5.92 Å². The number of nitrogens with zero attached hydrogens (tertiary/aromatic N) is 2. The smallest absolute Gasteiger partial charge is 0.383 e. The highest BCUT2D eigenvalue weighted by molar-refractivity contribution is 5.38. The molecule has 1 aromatic heterocycles. The second kappa shape index (κ2) is 7.28. The summed E-state index contributed by atoms with van der Waals surface area (Å²) < 4.78 is 41.0. The van der Waals surface area contributed by atoms with Gasteiger partial charge in [-0.05, 0) is 5.92 Å². The van der Waals surface area contributed by atoms with E-state index >= 15 is 0 Å². The number of nitrogens with one attached hydrogen (secondary N) is 1. The first-order valence-electron chi connectivity index (χ1n) is 6.23. The SMILES string of the molecule is CC(C)CNc1cnn(CCOCC(F)(F)F)c(=O)c1. The molecule has 5 nitrogen and oxygen atoms in total. The molecule has 114 valence electrons. The maximum absolute atomic E-state index is 11.8. The van der Waals surface area contributed by atoms with E-state index in [2.05, 4.69) is 15.2 Å². The highest BCUT2D eigenvalue weighted by Gasteiger charge is 2.27. The maximum atomic E-state index is 11.8. The van der Waals surface area contributed by atoms with Crippen LogP contribution in [0.3, 0.4) is 0 Å². The molecule has 1 heterocycles. The molecule has 20 heavy (non-hydrogen) atoms. The Morgan fingerprint density at radius 1 is 1.45 bits per heavy atom. The Morgan fingerprint density at radius 2 is 2.15 bits per heavy atom. The molecule has 0 radical (unpaired) electrons. The molecule has 0 saturated heterocycles. The molecule has 0 aliphatic carbocycles. The molecular formula is C12H18F3N3O2. The second-order valence-corrected chi connectivity index (χ2v) is 4.75. The van der Waals surface area contributed by atoms with Gasteiger partial charge in [0.2, 0.25) is 0 Å². The molecular weight excluding hydrogens is 275 g/mol. The molecule has 1 rings (SSSR count). The molecule has 0 spiro atoms. The fraction of sp³-hybridized carbons (Fsp3) is 0.667. The Labute approximate surface area is 114 Å². The summed E-state index contributed by atoms with van der Waals surface area (Å²) in [6.07, 6.45) is -2.89. The van der Waals surface area contributed by atoms with Crippen molar-refractivity contribution >= 4 is 5.69 Å². The Balaban J connectivity index is 2.46. The number of anilines is 1. The molecule has 8 heteroatoms. The highest BCUT2D eigenvalue weighted by Crippen LogP contribution is 2.14. The molecule has 0 saturated carbocycles. The van der Waals surface area contributed by atoms with Crippen molar-refractivity contribution in [2.24, 2.45) is 5.92 Å². The van der Waals surface area contributed by atoms with Gasteiger partial charge in [0.05, 0.1) is 25.0 Å². The van der Waals surface area contributed by atoms with Gasteiger partial charge in [0, 0.05) is 12.6 Å². The number of hydrogen-bond acceptors (Lipinski definition) is 4. The molecule has 0 unspecified atom stereocenters. The average molecular weight is 293 g/mol. The average Bonchev–Trinajstić information content (AvgIpc) is 2.32. The van der Waals surface area contributed by atoms with Crippen molar-refractivity contribution in [1.82, 2.24) is 9.78 Å².